The Hall–Kier alpha value is -1.65. The van der Waals surface area contributed by atoms with Gasteiger partial charge in [-0.05, 0) is 36.6 Å². The Morgan fingerprint density at radius 1 is 1.04 bits per heavy atom. The predicted molar refractivity (Wildman–Crippen MR) is 98.2 cm³/mol. The third kappa shape index (κ3) is 5.98. The number of hydrogen-bond donors (Lipinski definition) is 1. The van der Waals surface area contributed by atoms with Crippen LogP contribution >= 0.6 is 7.60 Å². The summed E-state index contributed by atoms with van der Waals surface area (Å²) in [5.41, 5.74) is 1.14. The molecule has 0 aliphatic heterocycles. The van der Waals surface area contributed by atoms with Crippen LogP contribution in [0.5, 0.6) is 5.75 Å². The molecule has 2 rings (SSSR count). The average Bonchev–Trinajstić information content (AvgIpc) is 2.61. The van der Waals surface area contributed by atoms with Gasteiger partial charge in [0.15, 0.2) is 0 Å². The zero-order chi connectivity index (χ0) is 18.1. The van der Waals surface area contributed by atoms with Crippen molar-refractivity contribution in [2.75, 3.05) is 26.9 Å². The van der Waals surface area contributed by atoms with Crippen LogP contribution in [0.15, 0.2) is 54.6 Å². The van der Waals surface area contributed by atoms with Crippen LogP contribution < -0.4 is 4.74 Å². The van der Waals surface area contributed by atoms with Gasteiger partial charge in [0.25, 0.3) is 0 Å². The molecule has 2 unspecified atom stereocenters. The van der Waals surface area contributed by atoms with E-state index >= 15 is 0 Å². The second kappa shape index (κ2) is 9.73. The predicted octanol–water partition coefficient (Wildman–Crippen LogP) is 4.22. The molecule has 0 aromatic heterocycles. The van der Waals surface area contributed by atoms with Crippen molar-refractivity contribution in [3.05, 3.63) is 65.7 Å². The number of benzene rings is 2. The fourth-order valence-corrected chi connectivity index (χ4v) is 4.10. The summed E-state index contributed by atoms with van der Waals surface area (Å²) >= 11 is 0. The minimum absolute atomic E-state index is 0.198. The van der Waals surface area contributed by atoms with Crippen molar-refractivity contribution in [1.29, 1.82) is 0 Å². The molecular formula is C19H25O5P. The normalized spacial score (nSPS) is 14.7. The van der Waals surface area contributed by atoms with E-state index in [1.165, 1.54) is 0 Å². The lowest BCUT2D eigenvalue weighted by Crippen LogP contribution is -2.07. The first-order chi connectivity index (χ1) is 12.1. The SMILES string of the molecule is CCOP(=O)(O)C(Cc1ccc(OCCOC)cc1)c1ccccc1. The molecular weight excluding hydrogens is 339 g/mol. The van der Waals surface area contributed by atoms with E-state index in [0.29, 0.717) is 19.6 Å². The summed E-state index contributed by atoms with van der Waals surface area (Å²) in [7, 11) is -2.14. The highest BCUT2D eigenvalue weighted by Crippen LogP contribution is 2.57. The molecule has 25 heavy (non-hydrogen) atoms. The van der Waals surface area contributed by atoms with Crippen LogP contribution in [0.25, 0.3) is 0 Å². The minimum Gasteiger partial charge on any atom is -0.491 e. The molecule has 136 valence electrons. The van der Waals surface area contributed by atoms with Crippen molar-refractivity contribution in [3.63, 3.8) is 0 Å². The molecule has 0 aliphatic rings. The third-order valence-corrected chi connectivity index (χ3v) is 5.70. The van der Waals surface area contributed by atoms with E-state index in [4.69, 9.17) is 14.0 Å². The lowest BCUT2D eigenvalue weighted by Gasteiger charge is -2.23. The monoisotopic (exact) mass is 364 g/mol. The van der Waals surface area contributed by atoms with Crippen LogP contribution in [0.1, 0.15) is 23.7 Å². The van der Waals surface area contributed by atoms with Gasteiger partial charge in [0.2, 0.25) is 0 Å². The number of ether oxygens (including phenoxy) is 2. The second-order valence-corrected chi connectivity index (χ2v) is 7.61. The highest BCUT2D eigenvalue weighted by molar-refractivity contribution is 7.53. The van der Waals surface area contributed by atoms with Crippen molar-refractivity contribution in [2.24, 2.45) is 0 Å². The summed E-state index contributed by atoms with van der Waals surface area (Å²) in [6.07, 6.45) is 0.413. The van der Waals surface area contributed by atoms with E-state index in [9.17, 15) is 9.46 Å². The lowest BCUT2D eigenvalue weighted by atomic mass is 10.0. The topological polar surface area (TPSA) is 65.0 Å². The molecule has 6 heteroatoms. The number of hydrogen-bond acceptors (Lipinski definition) is 4. The van der Waals surface area contributed by atoms with Crippen molar-refractivity contribution in [2.45, 2.75) is 19.0 Å². The van der Waals surface area contributed by atoms with Crippen molar-refractivity contribution < 1.29 is 23.5 Å². The van der Waals surface area contributed by atoms with Crippen molar-refractivity contribution in [3.8, 4) is 5.75 Å². The molecule has 0 aliphatic carbocycles. The molecule has 0 fully saturated rings. The first kappa shape index (κ1) is 19.7. The van der Waals surface area contributed by atoms with Gasteiger partial charge in [0.1, 0.15) is 12.4 Å². The van der Waals surface area contributed by atoms with Crippen LogP contribution in [-0.4, -0.2) is 31.8 Å². The van der Waals surface area contributed by atoms with Crippen molar-refractivity contribution in [1.82, 2.24) is 0 Å². The zero-order valence-corrected chi connectivity index (χ0v) is 15.5. The summed E-state index contributed by atoms with van der Waals surface area (Å²) in [4.78, 5) is 10.4. The van der Waals surface area contributed by atoms with Gasteiger partial charge in [-0.25, -0.2) is 0 Å². The summed E-state index contributed by atoms with van der Waals surface area (Å²) in [5.74, 6) is 0.744. The fraction of sp³-hybridized carbons (Fsp3) is 0.368. The second-order valence-electron chi connectivity index (χ2n) is 5.60. The Morgan fingerprint density at radius 3 is 2.32 bits per heavy atom. The summed E-state index contributed by atoms with van der Waals surface area (Å²) in [6.45, 7) is 2.93. The van der Waals surface area contributed by atoms with E-state index in [2.05, 4.69) is 0 Å². The van der Waals surface area contributed by atoms with Gasteiger partial charge >= 0.3 is 7.60 Å². The van der Waals surface area contributed by atoms with Crippen LogP contribution in [0.2, 0.25) is 0 Å². The van der Waals surface area contributed by atoms with E-state index in [-0.39, 0.29) is 6.61 Å². The smallest absolute Gasteiger partial charge is 0.335 e. The molecule has 0 heterocycles. The summed E-state index contributed by atoms with van der Waals surface area (Å²) in [6, 6.07) is 16.8. The fourth-order valence-electron chi connectivity index (χ4n) is 2.56. The minimum atomic E-state index is -3.77. The Labute approximate surface area is 149 Å². The third-order valence-electron chi connectivity index (χ3n) is 3.80. The van der Waals surface area contributed by atoms with Crippen LogP contribution in [0.3, 0.4) is 0 Å². The van der Waals surface area contributed by atoms with Crippen LogP contribution in [0, 0.1) is 0 Å². The van der Waals surface area contributed by atoms with Gasteiger partial charge in [0.05, 0.1) is 18.9 Å². The van der Waals surface area contributed by atoms with Gasteiger partial charge in [-0.15, -0.1) is 0 Å². The average molecular weight is 364 g/mol. The van der Waals surface area contributed by atoms with Gasteiger partial charge < -0.3 is 18.9 Å². The summed E-state index contributed by atoms with van der Waals surface area (Å²) in [5, 5.41) is 0. The maximum absolute atomic E-state index is 12.7. The van der Waals surface area contributed by atoms with Gasteiger partial charge in [-0.1, -0.05) is 42.5 Å². The molecule has 0 amide bonds. The molecule has 2 aromatic rings. The van der Waals surface area contributed by atoms with E-state index in [1.807, 2.05) is 54.6 Å². The number of methoxy groups -OCH3 is 1. The lowest BCUT2D eigenvalue weighted by molar-refractivity contribution is 0.146. The van der Waals surface area contributed by atoms with Gasteiger partial charge in [0, 0.05) is 7.11 Å². The molecule has 5 nitrogen and oxygen atoms in total. The first-order valence-electron chi connectivity index (χ1n) is 8.29. The maximum Gasteiger partial charge on any atom is 0.335 e. The number of rotatable bonds is 10. The molecule has 0 radical (unpaired) electrons. The standard InChI is InChI=1S/C19H25O5P/c1-3-24-25(20,21)19(17-7-5-4-6-8-17)15-16-9-11-18(12-10-16)23-14-13-22-2/h4-12,19H,3,13-15H2,1-2H3,(H,20,21). The molecule has 0 spiro atoms. The van der Waals surface area contributed by atoms with E-state index < -0.39 is 13.3 Å². The van der Waals surface area contributed by atoms with Gasteiger partial charge in [-0.2, -0.15) is 0 Å². The summed E-state index contributed by atoms with van der Waals surface area (Å²) < 4.78 is 28.3. The Kier molecular flexibility index (Phi) is 7.66. The van der Waals surface area contributed by atoms with E-state index in [0.717, 1.165) is 16.9 Å². The van der Waals surface area contributed by atoms with Crippen LogP contribution in [0.4, 0.5) is 0 Å². The molecule has 1 N–H and O–H groups in total. The maximum atomic E-state index is 12.7. The van der Waals surface area contributed by atoms with Crippen molar-refractivity contribution >= 4 is 7.60 Å². The first-order valence-corrected chi connectivity index (χ1v) is 9.94. The van der Waals surface area contributed by atoms with Crippen LogP contribution in [-0.2, 0) is 20.2 Å². The molecule has 2 atom stereocenters. The molecule has 0 saturated carbocycles. The molecule has 0 bridgehead atoms. The largest absolute Gasteiger partial charge is 0.491 e. The Bertz CT molecular complexity index is 672. The van der Waals surface area contributed by atoms with Gasteiger partial charge in [-0.3, -0.25) is 4.57 Å². The Balaban J connectivity index is 2.15. The van der Waals surface area contributed by atoms with E-state index in [1.54, 1.807) is 14.0 Å². The highest BCUT2D eigenvalue weighted by atomic mass is 31.2. The Morgan fingerprint density at radius 2 is 1.72 bits per heavy atom. The molecule has 2 aromatic carbocycles. The zero-order valence-electron chi connectivity index (χ0n) is 14.6. The molecule has 0 saturated heterocycles. The highest BCUT2D eigenvalue weighted by Gasteiger charge is 2.33. The quantitative estimate of drug-likeness (QED) is 0.505.